The van der Waals surface area contributed by atoms with Gasteiger partial charge in [0.25, 0.3) is 0 Å². The second kappa shape index (κ2) is 13.8. The molecule has 11 nitrogen and oxygen atoms in total. The van der Waals surface area contributed by atoms with E-state index in [4.69, 9.17) is 14.3 Å². The average Bonchev–Trinajstić information content (AvgIpc) is 3.56. The summed E-state index contributed by atoms with van der Waals surface area (Å²) in [5.74, 6) is -0.0472. The summed E-state index contributed by atoms with van der Waals surface area (Å²) >= 11 is 0. The zero-order valence-corrected chi connectivity index (χ0v) is 25.2. The van der Waals surface area contributed by atoms with Gasteiger partial charge in [0.05, 0.1) is 50.0 Å². The number of morpholine rings is 1. The topological polar surface area (TPSA) is 104 Å². The lowest BCUT2D eigenvalue weighted by atomic mass is 10.0. The van der Waals surface area contributed by atoms with Gasteiger partial charge in [0.15, 0.2) is 5.82 Å². The molecule has 238 valence electrons. The fraction of sp³-hybridized carbons (Fsp3) is 0.406. The lowest BCUT2D eigenvalue weighted by molar-refractivity contribution is -0.111. The molecule has 4 heterocycles. The fourth-order valence-corrected chi connectivity index (χ4v) is 6.22. The molecule has 1 aromatic heterocycles. The summed E-state index contributed by atoms with van der Waals surface area (Å²) in [5.41, 5.74) is 2.20. The molecular weight excluding hydrogens is 584 g/mol. The highest BCUT2D eigenvalue weighted by molar-refractivity contribution is 6.02. The van der Waals surface area contributed by atoms with E-state index >= 15 is 0 Å². The molecule has 0 unspecified atom stereocenters. The largest absolute Gasteiger partial charge is 0.494 e. The quantitative estimate of drug-likeness (QED) is 0.324. The number of hydrogen-bond acceptors (Lipinski definition) is 10. The SMILES string of the molecule is C=CC(=O)Nc1cc(Nc2cc(N3OCC[C@@H]3c3cc(F)ccc3F)ncn2)c(OC)cc1N1CCC(N2CCOCC2)CC1. The molecule has 3 aliphatic heterocycles. The first-order valence-corrected chi connectivity index (χ1v) is 15.1. The molecule has 3 aliphatic rings. The minimum absolute atomic E-state index is 0.189. The number of hydroxylamine groups is 1. The van der Waals surface area contributed by atoms with Crippen LogP contribution in [0.15, 0.2) is 55.4 Å². The molecule has 0 bridgehead atoms. The number of carbonyl (C=O) groups excluding carboxylic acids is 1. The van der Waals surface area contributed by atoms with Crippen molar-refractivity contribution in [3.8, 4) is 5.75 Å². The van der Waals surface area contributed by atoms with Crippen LogP contribution in [0.5, 0.6) is 5.75 Å². The molecule has 0 aliphatic carbocycles. The summed E-state index contributed by atoms with van der Waals surface area (Å²) < 4.78 is 39.9. The van der Waals surface area contributed by atoms with Crippen molar-refractivity contribution >= 4 is 34.6 Å². The number of methoxy groups -OCH3 is 1. The van der Waals surface area contributed by atoms with Crippen molar-refractivity contribution in [1.29, 1.82) is 0 Å². The zero-order valence-electron chi connectivity index (χ0n) is 25.2. The van der Waals surface area contributed by atoms with Crippen molar-refractivity contribution in [3.63, 3.8) is 0 Å². The molecule has 3 aromatic rings. The number of nitrogens with one attached hydrogen (secondary N) is 2. The third-order valence-electron chi connectivity index (χ3n) is 8.49. The van der Waals surface area contributed by atoms with Crippen LogP contribution in [0.4, 0.5) is 37.5 Å². The lowest BCUT2D eigenvalue weighted by Crippen LogP contribution is -2.49. The van der Waals surface area contributed by atoms with Gasteiger partial charge in [0, 0.05) is 56.3 Å². The molecule has 1 amide bonds. The van der Waals surface area contributed by atoms with Crippen LogP contribution in [0.25, 0.3) is 0 Å². The number of hydrogen-bond donors (Lipinski definition) is 2. The maximum atomic E-state index is 14.6. The minimum atomic E-state index is -0.564. The monoisotopic (exact) mass is 621 g/mol. The number of nitrogens with zero attached hydrogens (tertiary/aromatic N) is 5. The van der Waals surface area contributed by atoms with Gasteiger partial charge in [-0.25, -0.2) is 23.8 Å². The lowest BCUT2D eigenvalue weighted by Gasteiger charge is -2.41. The highest BCUT2D eigenvalue weighted by Gasteiger charge is 2.32. The van der Waals surface area contributed by atoms with Gasteiger partial charge in [-0.2, -0.15) is 0 Å². The predicted octanol–water partition coefficient (Wildman–Crippen LogP) is 4.82. The van der Waals surface area contributed by atoms with Crippen molar-refractivity contribution in [3.05, 3.63) is 72.6 Å². The molecule has 0 spiro atoms. The van der Waals surface area contributed by atoms with Crippen LogP contribution >= 0.6 is 0 Å². The number of piperidine rings is 1. The van der Waals surface area contributed by atoms with Gasteiger partial charge in [0.2, 0.25) is 5.91 Å². The van der Waals surface area contributed by atoms with E-state index in [2.05, 4.69) is 37.0 Å². The second-order valence-corrected chi connectivity index (χ2v) is 11.1. The smallest absolute Gasteiger partial charge is 0.247 e. The first-order valence-electron chi connectivity index (χ1n) is 15.1. The van der Waals surface area contributed by atoms with Gasteiger partial charge in [0.1, 0.15) is 29.5 Å². The molecule has 1 atom stereocenters. The van der Waals surface area contributed by atoms with E-state index in [-0.39, 0.29) is 11.5 Å². The maximum Gasteiger partial charge on any atom is 0.247 e. The summed E-state index contributed by atoms with van der Waals surface area (Å²) in [6.45, 7) is 9.04. The highest BCUT2D eigenvalue weighted by atomic mass is 19.1. The highest BCUT2D eigenvalue weighted by Crippen LogP contribution is 2.41. The molecule has 6 rings (SSSR count). The van der Waals surface area contributed by atoms with E-state index in [9.17, 15) is 13.6 Å². The van der Waals surface area contributed by atoms with E-state index in [1.54, 1.807) is 13.2 Å². The Bertz CT molecular complexity index is 1530. The zero-order chi connectivity index (χ0) is 31.3. The van der Waals surface area contributed by atoms with E-state index < -0.39 is 17.7 Å². The average molecular weight is 622 g/mol. The van der Waals surface area contributed by atoms with Crippen LogP contribution < -0.4 is 25.3 Å². The van der Waals surface area contributed by atoms with Crippen LogP contribution in [0.3, 0.4) is 0 Å². The van der Waals surface area contributed by atoms with E-state index in [0.29, 0.717) is 47.8 Å². The van der Waals surface area contributed by atoms with Crippen molar-refractivity contribution in [1.82, 2.24) is 14.9 Å². The van der Waals surface area contributed by atoms with E-state index in [0.717, 1.165) is 70.1 Å². The van der Waals surface area contributed by atoms with E-state index in [1.165, 1.54) is 23.5 Å². The number of carbonyl (C=O) groups is 1. The fourth-order valence-electron chi connectivity index (χ4n) is 6.22. The van der Waals surface area contributed by atoms with Crippen LogP contribution in [0.1, 0.15) is 30.9 Å². The number of ether oxygens (including phenoxy) is 2. The molecule has 2 aromatic carbocycles. The van der Waals surface area contributed by atoms with Gasteiger partial charge in [-0.1, -0.05) is 6.58 Å². The van der Waals surface area contributed by atoms with Gasteiger partial charge in [-0.3, -0.25) is 14.5 Å². The number of benzene rings is 2. The summed E-state index contributed by atoms with van der Waals surface area (Å²) in [4.78, 5) is 31.7. The molecule has 2 N–H and O–H groups in total. The Balaban J connectivity index is 1.24. The summed E-state index contributed by atoms with van der Waals surface area (Å²) in [6.07, 6.45) is 5.05. The normalized spacial score (nSPS) is 19.4. The van der Waals surface area contributed by atoms with Crippen molar-refractivity contribution in [2.45, 2.75) is 31.3 Å². The molecule has 13 heteroatoms. The van der Waals surface area contributed by atoms with Crippen LogP contribution in [0, 0.1) is 11.6 Å². The summed E-state index contributed by atoms with van der Waals surface area (Å²) in [7, 11) is 1.58. The Hall–Kier alpha value is -4.33. The number of rotatable bonds is 9. The molecule has 0 saturated carbocycles. The van der Waals surface area contributed by atoms with Gasteiger partial charge >= 0.3 is 0 Å². The first-order chi connectivity index (χ1) is 21.9. The van der Waals surface area contributed by atoms with Gasteiger partial charge in [-0.15, -0.1) is 0 Å². The molecular formula is C32H37F2N7O4. The number of halogens is 2. The van der Waals surface area contributed by atoms with Crippen LogP contribution in [-0.2, 0) is 14.4 Å². The second-order valence-electron chi connectivity index (χ2n) is 11.1. The maximum absolute atomic E-state index is 14.6. The summed E-state index contributed by atoms with van der Waals surface area (Å²) in [6, 6.07) is 8.68. The molecule has 0 radical (unpaired) electrons. The number of amides is 1. The molecule has 3 fully saturated rings. The standard InChI is InChI=1S/C32H37F2N7O4/c1-3-32(42)38-25-17-26(29(43-2)18-28(25)40-9-6-22(7-10-40)39-11-14-44-15-12-39)37-30-19-31(36-20-35-30)41-27(8-13-45-41)23-16-21(33)4-5-24(23)34/h3-5,16-20,22,27H,1,6-15H2,2H3,(H,38,42)(H,35,36,37)/t27-/m1/s1. The Morgan fingerprint density at radius 3 is 2.58 bits per heavy atom. The van der Waals surface area contributed by atoms with Crippen molar-refractivity contribution in [2.75, 3.05) is 73.7 Å². The van der Waals surface area contributed by atoms with Crippen LogP contribution in [-0.4, -0.2) is 79.9 Å². The van der Waals surface area contributed by atoms with Gasteiger partial charge in [-0.05, 0) is 43.2 Å². The Kier molecular flexibility index (Phi) is 9.38. The Labute approximate surface area is 260 Å². The number of anilines is 5. The molecule has 3 saturated heterocycles. The summed E-state index contributed by atoms with van der Waals surface area (Å²) in [5, 5.41) is 7.69. The Morgan fingerprint density at radius 2 is 1.82 bits per heavy atom. The third-order valence-corrected chi connectivity index (χ3v) is 8.49. The van der Waals surface area contributed by atoms with Crippen molar-refractivity contribution < 1.29 is 27.9 Å². The Morgan fingerprint density at radius 1 is 1.02 bits per heavy atom. The van der Waals surface area contributed by atoms with Crippen LogP contribution in [0.2, 0.25) is 0 Å². The molecule has 45 heavy (non-hydrogen) atoms. The van der Waals surface area contributed by atoms with E-state index in [1.807, 2.05) is 12.1 Å². The third kappa shape index (κ3) is 6.85. The first kappa shape index (κ1) is 30.7. The predicted molar refractivity (Wildman–Crippen MR) is 167 cm³/mol. The van der Waals surface area contributed by atoms with Gasteiger partial charge < -0.3 is 25.0 Å². The van der Waals surface area contributed by atoms with Crippen molar-refractivity contribution in [2.24, 2.45) is 0 Å². The number of aromatic nitrogens is 2. The minimum Gasteiger partial charge on any atom is -0.494 e.